The van der Waals surface area contributed by atoms with E-state index in [1.54, 1.807) is 24.4 Å². The molecule has 0 bridgehead atoms. The number of benzene rings is 1. The van der Waals surface area contributed by atoms with E-state index in [1.165, 1.54) is 0 Å². The molecule has 22 heavy (non-hydrogen) atoms. The van der Waals surface area contributed by atoms with Crippen LogP contribution in [0.15, 0.2) is 24.4 Å². The predicted molar refractivity (Wildman–Crippen MR) is 84.8 cm³/mol. The Kier molecular flexibility index (Phi) is 3.85. The fraction of sp³-hybridized carbons (Fsp3) is 0.375. The Morgan fingerprint density at radius 3 is 2.55 bits per heavy atom. The Bertz CT molecular complexity index is 714. The van der Waals surface area contributed by atoms with Crippen molar-refractivity contribution in [3.05, 3.63) is 35.5 Å². The van der Waals surface area contributed by atoms with Crippen molar-refractivity contribution in [1.82, 2.24) is 14.8 Å². The molecule has 1 aliphatic rings. The minimum atomic E-state index is -0.493. The third kappa shape index (κ3) is 2.46. The number of amides is 2. The molecule has 0 spiro atoms. The van der Waals surface area contributed by atoms with Gasteiger partial charge in [0, 0.05) is 37.8 Å². The highest BCUT2D eigenvalue weighted by Crippen LogP contribution is 2.23. The largest absolute Gasteiger partial charge is 0.366 e. The maximum Gasteiger partial charge on any atom is 0.256 e. The molecule has 1 saturated heterocycles. The molecule has 1 aliphatic heterocycles. The van der Waals surface area contributed by atoms with E-state index in [-0.39, 0.29) is 5.91 Å². The minimum absolute atomic E-state index is 0.000719. The van der Waals surface area contributed by atoms with Gasteiger partial charge in [-0.15, -0.1) is 0 Å². The Labute approximate surface area is 128 Å². The van der Waals surface area contributed by atoms with Gasteiger partial charge in [0.2, 0.25) is 0 Å². The third-order valence-electron chi connectivity index (χ3n) is 4.32. The summed E-state index contributed by atoms with van der Waals surface area (Å²) in [5.74, 6) is -0.494. The van der Waals surface area contributed by atoms with Crippen molar-refractivity contribution < 1.29 is 9.59 Å². The normalized spacial score (nSPS) is 16.1. The molecule has 3 N–H and O–H groups in total. The lowest BCUT2D eigenvalue weighted by Crippen LogP contribution is -2.48. The molecule has 1 aromatic carbocycles. The number of carbonyl (C=O) groups is 2. The quantitative estimate of drug-likeness (QED) is 0.888. The number of nitrogens with one attached hydrogen (secondary N) is 1. The monoisotopic (exact) mass is 300 g/mol. The number of para-hydroxylation sites is 1. The Morgan fingerprint density at radius 1 is 1.18 bits per heavy atom. The molecular weight excluding hydrogens is 280 g/mol. The summed E-state index contributed by atoms with van der Waals surface area (Å²) >= 11 is 0. The number of likely N-dealkylation sites (N-methyl/N-ethyl adjacent to an activating group) is 1. The highest BCUT2D eigenvalue weighted by Gasteiger charge is 2.23. The maximum atomic E-state index is 12.8. The van der Waals surface area contributed by atoms with Crippen LogP contribution in [0.5, 0.6) is 0 Å². The van der Waals surface area contributed by atoms with Crippen molar-refractivity contribution in [2.24, 2.45) is 5.73 Å². The second-order valence-corrected chi connectivity index (χ2v) is 5.52. The Hall–Kier alpha value is -2.34. The average Bonchev–Trinajstić information content (AvgIpc) is 2.98. The fourth-order valence-corrected chi connectivity index (χ4v) is 2.97. The number of nitrogens with zero attached hydrogens (tertiary/aromatic N) is 2. The van der Waals surface area contributed by atoms with Gasteiger partial charge in [0.1, 0.15) is 0 Å². The topological polar surface area (TPSA) is 82.4 Å². The van der Waals surface area contributed by atoms with Gasteiger partial charge in [-0.2, -0.15) is 0 Å². The summed E-state index contributed by atoms with van der Waals surface area (Å²) in [7, 11) is 0. The SMILES string of the molecule is CCN1CCN(C(=O)c2cccc3c(C(N)=O)c[nH]c23)CC1. The van der Waals surface area contributed by atoms with E-state index >= 15 is 0 Å². The molecule has 0 radical (unpaired) electrons. The van der Waals surface area contributed by atoms with Gasteiger partial charge in [-0.3, -0.25) is 9.59 Å². The number of primary amides is 1. The molecule has 1 aromatic heterocycles. The molecule has 0 unspecified atom stereocenters. The lowest BCUT2D eigenvalue weighted by Gasteiger charge is -2.34. The van der Waals surface area contributed by atoms with Crippen molar-refractivity contribution in [2.45, 2.75) is 6.92 Å². The van der Waals surface area contributed by atoms with E-state index in [0.29, 0.717) is 22.0 Å². The predicted octanol–water partition coefficient (Wildman–Crippen LogP) is 1.04. The van der Waals surface area contributed by atoms with E-state index < -0.39 is 5.91 Å². The van der Waals surface area contributed by atoms with E-state index in [0.717, 1.165) is 32.7 Å². The molecule has 116 valence electrons. The summed E-state index contributed by atoms with van der Waals surface area (Å²) < 4.78 is 0. The molecule has 2 amide bonds. The van der Waals surface area contributed by atoms with Crippen LogP contribution in [0.25, 0.3) is 10.9 Å². The highest BCUT2D eigenvalue weighted by molar-refractivity contribution is 6.12. The van der Waals surface area contributed by atoms with Crippen molar-refractivity contribution >= 4 is 22.7 Å². The third-order valence-corrected chi connectivity index (χ3v) is 4.32. The summed E-state index contributed by atoms with van der Waals surface area (Å²) in [5, 5.41) is 0.700. The van der Waals surface area contributed by atoms with Gasteiger partial charge >= 0.3 is 0 Å². The highest BCUT2D eigenvalue weighted by atomic mass is 16.2. The molecule has 2 aromatic rings. The molecule has 0 aliphatic carbocycles. The van der Waals surface area contributed by atoms with E-state index in [2.05, 4.69) is 16.8 Å². The number of aromatic amines is 1. The van der Waals surface area contributed by atoms with E-state index in [1.807, 2.05) is 4.90 Å². The Balaban J connectivity index is 1.90. The summed E-state index contributed by atoms with van der Waals surface area (Å²) in [6.45, 7) is 6.39. The number of rotatable bonds is 3. The number of aromatic nitrogens is 1. The Morgan fingerprint density at radius 2 is 1.91 bits per heavy atom. The molecule has 0 atom stereocenters. The lowest BCUT2D eigenvalue weighted by atomic mass is 10.1. The standard InChI is InChI=1S/C16H20N4O2/c1-2-19-6-8-20(9-7-19)16(22)12-5-3-4-11-13(15(17)21)10-18-14(11)12/h3-5,10,18H,2,6-9H2,1H3,(H2,17,21). The lowest BCUT2D eigenvalue weighted by molar-refractivity contribution is 0.0645. The fourth-order valence-electron chi connectivity index (χ4n) is 2.97. The van der Waals surface area contributed by atoms with Crippen LogP contribution in [0.4, 0.5) is 0 Å². The summed E-state index contributed by atoms with van der Waals surface area (Å²) in [6, 6.07) is 5.38. The van der Waals surface area contributed by atoms with E-state index in [4.69, 9.17) is 5.73 Å². The van der Waals surface area contributed by atoms with Crippen LogP contribution in [0.2, 0.25) is 0 Å². The molecule has 2 heterocycles. The smallest absolute Gasteiger partial charge is 0.256 e. The van der Waals surface area contributed by atoms with Crippen LogP contribution in [0, 0.1) is 0 Å². The zero-order valence-electron chi connectivity index (χ0n) is 12.6. The number of hydrogen-bond donors (Lipinski definition) is 2. The molecule has 3 rings (SSSR count). The second-order valence-electron chi connectivity index (χ2n) is 5.52. The van der Waals surface area contributed by atoms with Gasteiger partial charge < -0.3 is 20.5 Å². The van der Waals surface area contributed by atoms with Crippen LogP contribution in [0.1, 0.15) is 27.6 Å². The van der Waals surface area contributed by atoms with Crippen LogP contribution in [-0.4, -0.2) is 59.3 Å². The van der Waals surface area contributed by atoms with Crippen LogP contribution >= 0.6 is 0 Å². The van der Waals surface area contributed by atoms with E-state index in [9.17, 15) is 9.59 Å². The van der Waals surface area contributed by atoms with Gasteiger partial charge in [0.25, 0.3) is 11.8 Å². The van der Waals surface area contributed by atoms with Crippen molar-refractivity contribution in [2.75, 3.05) is 32.7 Å². The number of nitrogens with two attached hydrogens (primary N) is 1. The number of carbonyl (C=O) groups excluding carboxylic acids is 2. The zero-order chi connectivity index (χ0) is 15.7. The zero-order valence-corrected chi connectivity index (χ0v) is 12.6. The minimum Gasteiger partial charge on any atom is -0.366 e. The van der Waals surface area contributed by atoms with Gasteiger partial charge in [0.05, 0.1) is 16.6 Å². The van der Waals surface area contributed by atoms with Crippen LogP contribution in [0.3, 0.4) is 0 Å². The first-order chi connectivity index (χ1) is 10.6. The molecule has 0 saturated carbocycles. The van der Waals surface area contributed by atoms with Gasteiger partial charge in [-0.1, -0.05) is 19.1 Å². The number of fused-ring (bicyclic) bond motifs is 1. The van der Waals surface area contributed by atoms with Gasteiger partial charge in [-0.05, 0) is 12.6 Å². The summed E-state index contributed by atoms with van der Waals surface area (Å²) in [6.07, 6.45) is 1.57. The van der Waals surface area contributed by atoms with Crippen molar-refractivity contribution in [1.29, 1.82) is 0 Å². The van der Waals surface area contributed by atoms with Crippen molar-refractivity contribution in [3.63, 3.8) is 0 Å². The average molecular weight is 300 g/mol. The van der Waals surface area contributed by atoms with Crippen molar-refractivity contribution in [3.8, 4) is 0 Å². The van der Waals surface area contributed by atoms with Gasteiger partial charge in [-0.25, -0.2) is 0 Å². The van der Waals surface area contributed by atoms with Crippen LogP contribution < -0.4 is 5.73 Å². The first-order valence-electron chi connectivity index (χ1n) is 7.53. The number of H-pyrrole nitrogens is 1. The maximum absolute atomic E-state index is 12.8. The first-order valence-corrected chi connectivity index (χ1v) is 7.53. The molecule has 6 heteroatoms. The number of piperazine rings is 1. The van der Waals surface area contributed by atoms with Crippen LogP contribution in [-0.2, 0) is 0 Å². The molecule has 6 nitrogen and oxygen atoms in total. The van der Waals surface area contributed by atoms with Gasteiger partial charge in [0.15, 0.2) is 0 Å². The number of hydrogen-bond acceptors (Lipinski definition) is 3. The first kappa shape index (κ1) is 14.6. The molecular formula is C16H20N4O2. The summed E-state index contributed by atoms with van der Waals surface area (Å²) in [4.78, 5) is 31.4. The molecule has 1 fully saturated rings. The second kappa shape index (κ2) is 5.81. The summed E-state index contributed by atoms with van der Waals surface area (Å²) in [5.41, 5.74) is 7.05.